The number of hydrogen-bond donors (Lipinski definition) is 0. The van der Waals surface area contributed by atoms with Crippen LogP contribution in [0.2, 0.25) is 0 Å². The van der Waals surface area contributed by atoms with Crippen LogP contribution in [-0.2, 0) is 30.0 Å². The molecule has 4 aliphatic carbocycles. The SMILES string of the molecule is [B]c1c([B])c([B])c(-c2nc(-c3c([B])c([B])c([B])c(C(C)(C)/C=C(/c4nc(-c5ccccc5)nc(N5C(=O)C67CC8CC6(CC8C7)C5=O)n4)c4ccccc4C)c3[B])nc(N3C(=O)C(C)(C)C(c4ccccc4)(c4ccccc4)C3=O)n2)c([B])c1[B]. The number of rotatable bonds is 11. The third kappa shape index (κ3) is 7.72. The maximum absolute atomic E-state index is 15.9. The third-order valence-corrected chi connectivity index (χ3v) is 19.2. The number of hydrogen-bond acceptors (Lipinski definition) is 10. The van der Waals surface area contributed by atoms with E-state index in [0.29, 0.717) is 65.3 Å². The predicted octanol–water partition coefficient (Wildman–Crippen LogP) is 0.485. The van der Waals surface area contributed by atoms with Crippen LogP contribution >= 0.6 is 0 Å². The second kappa shape index (κ2) is 19.5. The molecular formula is C64H45B9N8O4. The van der Waals surface area contributed by atoms with Crippen LogP contribution < -0.4 is 59.0 Å². The summed E-state index contributed by atoms with van der Waals surface area (Å²) in [6.45, 7) is 9.03. The van der Waals surface area contributed by atoms with Crippen LogP contribution in [0.4, 0.5) is 11.9 Å². The summed E-state index contributed by atoms with van der Waals surface area (Å²) in [6.07, 6.45) is 4.59. The van der Waals surface area contributed by atoms with Gasteiger partial charge in [-0.3, -0.25) is 19.2 Å². The van der Waals surface area contributed by atoms with Crippen molar-refractivity contribution in [1.29, 1.82) is 0 Å². The molecule has 2 aromatic heterocycles. The van der Waals surface area contributed by atoms with E-state index in [-0.39, 0.29) is 107 Å². The summed E-state index contributed by atoms with van der Waals surface area (Å²) in [6, 6.07) is 34.9. The molecule has 85 heavy (non-hydrogen) atoms. The number of amides is 4. The molecule has 2 saturated heterocycles. The average molecular weight is 1090 g/mol. The van der Waals surface area contributed by atoms with Gasteiger partial charge in [0.25, 0.3) is 5.91 Å². The molecular weight excluding hydrogens is 1040 g/mol. The fraction of sp³-hybridized carbons (Fsp3) is 0.250. The smallest absolute Gasteiger partial charge is 0.252 e. The van der Waals surface area contributed by atoms with E-state index in [1.165, 1.54) is 4.90 Å². The molecule has 6 aromatic carbocycles. The van der Waals surface area contributed by atoms with E-state index in [0.717, 1.165) is 10.5 Å². The van der Waals surface area contributed by atoms with Crippen LogP contribution in [-0.4, -0.2) is 124 Å². The van der Waals surface area contributed by atoms with Crippen LogP contribution in [0.15, 0.2) is 121 Å². The summed E-state index contributed by atoms with van der Waals surface area (Å²) in [5.41, 5.74) is -3.21. The number of imide groups is 2. The number of aromatic nitrogens is 6. The monoisotopic (exact) mass is 1090 g/mol. The van der Waals surface area contributed by atoms with E-state index in [1.54, 1.807) is 62.4 Å². The number of aryl methyl sites for hydroxylation is 1. The number of benzene rings is 6. The highest BCUT2D eigenvalue weighted by Crippen LogP contribution is 2.79. The normalized spacial score (nSPS) is 21.9. The highest BCUT2D eigenvalue weighted by atomic mass is 16.2. The standard InChI is InChI=1S/C64H45B9N8O4/c1-30-17-15-16-24-36(30)37(51-74-50(31-18-9-6-10-19-31)76-58(77-51)81-55(83)62-25-32-26-63(62,56(81)84)28-33(32)27-62)29-60(2,3)40-41(65)38(42(66)46(70)45(40)69)52-75-53(39-43(67)47(71)49(73)48(72)44(39)68)79-59(78-52)80-54(82)61(4,5)64(57(80)85,34-20-11-7-12-21-34)35-22-13-8-14-23-35/h6-24,29,32-33H,25-28H2,1-5H3/b37-29+. The zero-order valence-corrected chi connectivity index (χ0v) is 47.4. The lowest BCUT2D eigenvalue weighted by Crippen LogP contribution is -2.55. The van der Waals surface area contributed by atoms with Crippen LogP contribution in [0.25, 0.3) is 39.7 Å². The van der Waals surface area contributed by atoms with Crippen LogP contribution in [0, 0.1) is 35.0 Å². The van der Waals surface area contributed by atoms with E-state index in [2.05, 4.69) is 0 Å². The van der Waals surface area contributed by atoms with Gasteiger partial charge in [0.15, 0.2) is 23.3 Å². The van der Waals surface area contributed by atoms with E-state index >= 15 is 9.59 Å². The number of nitrogens with zero attached hydrogens (tertiary/aromatic N) is 8. The van der Waals surface area contributed by atoms with Gasteiger partial charge in [-0.15, -0.1) is 27.3 Å². The lowest BCUT2D eigenvalue weighted by molar-refractivity contribution is -0.129. The molecule has 4 bridgehead atoms. The van der Waals surface area contributed by atoms with Gasteiger partial charge in [0, 0.05) is 27.7 Å². The maximum atomic E-state index is 15.9. The topological polar surface area (TPSA) is 152 Å². The number of carbonyl (C=O) groups is 4. The molecule has 0 atom stereocenters. The van der Waals surface area contributed by atoms with Crippen molar-refractivity contribution in [3.8, 4) is 34.2 Å². The Morgan fingerprint density at radius 2 is 0.906 bits per heavy atom. The van der Waals surface area contributed by atoms with Crippen LogP contribution in [0.5, 0.6) is 0 Å². The Labute approximate surface area is 505 Å². The van der Waals surface area contributed by atoms with Gasteiger partial charge < -0.3 is 0 Å². The molecule has 4 heterocycles. The number of allylic oxidation sites excluding steroid dienone is 1. The first kappa shape index (κ1) is 56.1. The van der Waals surface area contributed by atoms with Gasteiger partial charge in [0.1, 0.15) is 76.0 Å². The van der Waals surface area contributed by atoms with Crippen molar-refractivity contribution in [2.45, 2.75) is 71.1 Å². The zero-order chi connectivity index (χ0) is 60.2. The first-order chi connectivity index (χ1) is 40.4. The predicted molar refractivity (Wildman–Crippen MR) is 338 cm³/mol. The number of anilines is 2. The minimum absolute atomic E-state index is 0.00153. The second-order valence-corrected chi connectivity index (χ2v) is 24.4. The summed E-state index contributed by atoms with van der Waals surface area (Å²) >= 11 is 0. The van der Waals surface area contributed by atoms with Gasteiger partial charge in [-0.1, -0.05) is 163 Å². The van der Waals surface area contributed by atoms with Crippen molar-refractivity contribution < 1.29 is 19.2 Å². The summed E-state index contributed by atoms with van der Waals surface area (Å²) < 4.78 is 0. The Bertz CT molecular complexity index is 4180. The molecule has 6 aliphatic rings. The van der Waals surface area contributed by atoms with Gasteiger partial charge in [0.05, 0.1) is 16.2 Å². The molecule has 12 nitrogen and oxygen atoms in total. The minimum Gasteiger partial charge on any atom is -0.273 e. The molecule has 8 aromatic rings. The largest absolute Gasteiger partial charge is 0.273 e. The molecule has 4 saturated carbocycles. The Morgan fingerprint density at radius 3 is 1.42 bits per heavy atom. The van der Waals surface area contributed by atoms with E-state index in [1.807, 2.05) is 93.6 Å². The number of carbonyl (C=O) groups excluding carboxylic acids is 4. The van der Waals surface area contributed by atoms with E-state index in [4.69, 9.17) is 101 Å². The van der Waals surface area contributed by atoms with Gasteiger partial charge in [-0.25, -0.2) is 19.8 Å². The third-order valence-electron chi connectivity index (χ3n) is 19.2. The quantitative estimate of drug-likeness (QED) is 0.132. The molecule has 14 rings (SSSR count). The van der Waals surface area contributed by atoms with Crippen LogP contribution in [0.3, 0.4) is 0 Å². The summed E-state index contributed by atoms with van der Waals surface area (Å²) in [5.74, 6) is -1.91. The van der Waals surface area contributed by atoms with Crippen molar-refractivity contribution >= 4 is 161 Å². The Balaban J connectivity index is 1.03. The Morgan fingerprint density at radius 1 is 0.482 bits per heavy atom. The summed E-state index contributed by atoms with van der Waals surface area (Å²) in [5, 5.41) is 0. The van der Waals surface area contributed by atoms with Crippen molar-refractivity contribution in [3.63, 3.8) is 0 Å². The molecule has 4 amide bonds. The lowest BCUT2D eigenvalue weighted by atomic mass is 9.59. The fourth-order valence-corrected chi connectivity index (χ4v) is 15.1. The lowest BCUT2D eigenvalue weighted by Gasteiger charge is -2.37. The second-order valence-electron chi connectivity index (χ2n) is 24.4. The Hall–Kier alpha value is -8.06. The highest BCUT2D eigenvalue weighted by molar-refractivity contribution is 6.69. The van der Waals surface area contributed by atoms with Crippen molar-refractivity contribution in [3.05, 3.63) is 155 Å². The van der Waals surface area contributed by atoms with E-state index in [9.17, 15) is 9.59 Å². The molecule has 0 N–H and O–H groups in total. The molecule has 2 spiro atoms. The summed E-state index contributed by atoms with van der Waals surface area (Å²) in [4.78, 5) is 92.9. The van der Waals surface area contributed by atoms with Crippen molar-refractivity contribution in [2.75, 3.05) is 9.80 Å². The molecule has 0 unspecified atom stereocenters. The highest BCUT2D eigenvalue weighted by Gasteiger charge is 2.82. The maximum Gasteiger partial charge on any atom is 0.252 e. The van der Waals surface area contributed by atoms with Crippen molar-refractivity contribution in [1.82, 2.24) is 29.9 Å². The van der Waals surface area contributed by atoms with Gasteiger partial charge in [-0.2, -0.15) is 19.9 Å². The molecule has 2 aliphatic heterocycles. The average Bonchev–Trinajstić information content (AvgIpc) is 1.48. The van der Waals surface area contributed by atoms with E-state index < -0.39 is 44.8 Å². The first-order valence-electron chi connectivity index (χ1n) is 28.0. The molecule has 21 heteroatoms. The summed E-state index contributed by atoms with van der Waals surface area (Å²) in [7, 11) is 61.3. The van der Waals surface area contributed by atoms with Gasteiger partial charge in [0.2, 0.25) is 29.6 Å². The zero-order valence-electron chi connectivity index (χ0n) is 47.4. The first-order valence-corrected chi connectivity index (χ1v) is 28.0. The van der Waals surface area contributed by atoms with Crippen molar-refractivity contribution in [2.24, 2.45) is 28.1 Å². The fourth-order valence-electron chi connectivity index (χ4n) is 15.1. The van der Waals surface area contributed by atoms with Gasteiger partial charge >= 0.3 is 0 Å². The molecule has 392 valence electrons. The molecule has 18 radical (unpaired) electrons. The Kier molecular flexibility index (Phi) is 12.9. The van der Waals surface area contributed by atoms with Crippen LogP contribution in [0.1, 0.15) is 87.0 Å². The van der Waals surface area contributed by atoms with Gasteiger partial charge in [-0.05, 0) is 80.5 Å². The minimum atomic E-state index is -1.63. The molecule has 6 fully saturated rings.